The zero-order valence-electron chi connectivity index (χ0n) is 11.6. The first-order valence-corrected chi connectivity index (χ1v) is 6.52. The van der Waals surface area contributed by atoms with Crippen molar-refractivity contribution in [3.05, 3.63) is 11.9 Å². The second kappa shape index (κ2) is 7.56. The Kier molecular flexibility index (Phi) is 6.05. The van der Waals surface area contributed by atoms with E-state index in [0.29, 0.717) is 37.1 Å². The fraction of sp³-hybridized carbons (Fsp3) is 0.615. The normalized spacial score (nSPS) is 11.9. The molecule has 6 heteroatoms. The number of nitrogens with zero attached hydrogens (tertiary/aromatic N) is 2. The number of ether oxygens (including phenoxy) is 1. The van der Waals surface area contributed by atoms with Crippen LogP contribution in [-0.4, -0.2) is 34.2 Å². The molecule has 0 aliphatic carbocycles. The van der Waals surface area contributed by atoms with Gasteiger partial charge >= 0.3 is 5.97 Å². The molecule has 6 nitrogen and oxygen atoms in total. The van der Waals surface area contributed by atoms with Gasteiger partial charge in [-0.3, -0.25) is 4.79 Å². The fourth-order valence-corrected chi connectivity index (χ4v) is 1.74. The van der Waals surface area contributed by atoms with Crippen LogP contribution in [-0.2, 0) is 4.79 Å². The van der Waals surface area contributed by atoms with E-state index in [0.717, 1.165) is 6.42 Å². The van der Waals surface area contributed by atoms with Gasteiger partial charge in [-0.15, -0.1) is 0 Å². The second-order valence-corrected chi connectivity index (χ2v) is 4.28. The first-order chi connectivity index (χ1) is 9.06. The van der Waals surface area contributed by atoms with Crippen molar-refractivity contribution in [1.82, 2.24) is 9.97 Å². The maximum absolute atomic E-state index is 11.0. The molecule has 0 saturated heterocycles. The molecule has 0 spiro atoms. The molecule has 0 aromatic carbocycles. The van der Waals surface area contributed by atoms with Gasteiger partial charge in [0, 0.05) is 12.6 Å². The van der Waals surface area contributed by atoms with E-state index in [1.54, 1.807) is 13.0 Å². The average Bonchev–Trinajstić information content (AvgIpc) is 2.34. The topological polar surface area (TPSA) is 84.3 Å². The van der Waals surface area contributed by atoms with Crippen LogP contribution in [0.2, 0.25) is 0 Å². The van der Waals surface area contributed by atoms with Gasteiger partial charge in [-0.1, -0.05) is 13.3 Å². The number of carbonyl (C=O) groups is 1. The maximum atomic E-state index is 11.0. The number of aryl methyl sites for hydroxylation is 1. The number of carboxylic acid groups (broad SMARTS) is 1. The Hall–Kier alpha value is -1.85. The van der Waals surface area contributed by atoms with Crippen molar-refractivity contribution in [2.24, 2.45) is 5.92 Å². The van der Waals surface area contributed by atoms with E-state index in [-0.39, 0.29) is 0 Å². The molecular weight excluding hydrogens is 246 g/mol. The molecule has 1 rings (SSSR count). The standard InChI is InChI=1S/C13H21N3O3/c1-4-6-10(13(17)18)8-14-11-7-12(19-5-2)16-9(3)15-11/h7,10H,4-6,8H2,1-3H3,(H,17,18)(H,14,15,16). The van der Waals surface area contributed by atoms with E-state index in [1.807, 2.05) is 13.8 Å². The van der Waals surface area contributed by atoms with E-state index in [1.165, 1.54) is 0 Å². The molecule has 1 heterocycles. The van der Waals surface area contributed by atoms with Gasteiger partial charge in [0.2, 0.25) is 5.88 Å². The van der Waals surface area contributed by atoms with Crippen LogP contribution in [0.5, 0.6) is 5.88 Å². The zero-order chi connectivity index (χ0) is 14.3. The highest BCUT2D eigenvalue weighted by atomic mass is 16.5. The van der Waals surface area contributed by atoms with Gasteiger partial charge < -0.3 is 15.2 Å². The molecule has 106 valence electrons. The molecule has 0 radical (unpaired) electrons. The van der Waals surface area contributed by atoms with Crippen LogP contribution in [0.25, 0.3) is 0 Å². The highest BCUT2D eigenvalue weighted by molar-refractivity contribution is 5.70. The molecule has 2 N–H and O–H groups in total. The Morgan fingerprint density at radius 1 is 1.47 bits per heavy atom. The van der Waals surface area contributed by atoms with Crippen molar-refractivity contribution in [1.29, 1.82) is 0 Å². The van der Waals surface area contributed by atoms with Crippen molar-refractivity contribution >= 4 is 11.8 Å². The van der Waals surface area contributed by atoms with E-state index in [2.05, 4.69) is 15.3 Å². The smallest absolute Gasteiger partial charge is 0.308 e. The molecule has 1 unspecified atom stereocenters. The molecule has 0 saturated carbocycles. The first kappa shape index (κ1) is 15.2. The van der Waals surface area contributed by atoms with Crippen LogP contribution < -0.4 is 10.1 Å². The number of rotatable bonds is 8. The summed E-state index contributed by atoms with van der Waals surface area (Å²) in [5, 5.41) is 12.1. The van der Waals surface area contributed by atoms with Crippen LogP contribution >= 0.6 is 0 Å². The van der Waals surface area contributed by atoms with Crippen LogP contribution in [0.1, 0.15) is 32.5 Å². The third-order valence-electron chi connectivity index (χ3n) is 2.62. The first-order valence-electron chi connectivity index (χ1n) is 6.52. The minimum absolute atomic E-state index is 0.352. The second-order valence-electron chi connectivity index (χ2n) is 4.28. The summed E-state index contributed by atoms with van der Waals surface area (Å²) in [5.41, 5.74) is 0. The van der Waals surface area contributed by atoms with Crippen LogP contribution in [0, 0.1) is 12.8 Å². The third kappa shape index (κ3) is 5.11. The lowest BCUT2D eigenvalue weighted by Gasteiger charge is -2.13. The molecule has 0 bridgehead atoms. The summed E-state index contributed by atoms with van der Waals surface area (Å²) in [7, 11) is 0. The molecule has 1 atom stereocenters. The van der Waals surface area contributed by atoms with Gasteiger partial charge in [0.05, 0.1) is 12.5 Å². The van der Waals surface area contributed by atoms with E-state index in [4.69, 9.17) is 9.84 Å². The van der Waals surface area contributed by atoms with E-state index >= 15 is 0 Å². The highest BCUT2D eigenvalue weighted by Gasteiger charge is 2.16. The van der Waals surface area contributed by atoms with Gasteiger partial charge in [0.15, 0.2) is 0 Å². The van der Waals surface area contributed by atoms with E-state index < -0.39 is 11.9 Å². The Morgan fingerprint density at radius 2 is 2.21 bits per heavy atom. The minimum atomic E-state index is -0.787. The molecular formula is C13H21N3O3. The summed E-state index contributed by atoms with van der Waals surface area (Å²) in [5.74, 6) is 0.495. The SMILES string of the molecule is CCCC(CNc1cc(OCC)nc(C)n1)C(=O)O. The number of hydrogen-bond acceptors (Lipinski definition) is 5. The largest absolute Gasteiger partial charge is 0.481 e. The Morgan fingerprint density at radius 3 is 2.79 bits per heavy atom. The van der Waals surface area contributed by atoms with Crippen LogP contribution in [0.15, 0.2) is 6.07 Å². The summed E-state index contributed by atoms with van der Waals surface area (Å²) in [6.45, 7) is 6.51. The molecule has 19 heavy (non-hydrogen) atoms. The van der Waals surface area contributed by atoms with Crippen molar-refractivity contribution < 1.29 is 14.6 Å². The van der Waals surface area contributed by atoms with Gasteiger partial charge in [-0.2, -0.15) is 4.98 Å². The number of carboxylic acids is 1. The number of aromatic nitrogens is 2. The summed E-state index contributed by atoms with van der Waals surface area (Å²) < 4.78 is 5.32. The Labute approximate surface area is 113 Å². The summed E-state index contributed by atoms with van der Waals surface area (Å²) in [4.78, 5) is 19.4. The molecule has 0 fully saturated rings. The minimum Gasteiger partial charge on any atom is -0.481 e. The quantitative estimate of drug-likeness (QED) is 0.750. The average molecular weight is 267 g/mol. The monoisotopic (exact) mass is 267 g/mol. The molecule has 0 amide bonds. The lowest BCUT2D eigenvalue weighted by Crippen LogP contribution is -2.23. The lowest BCUT2D eigenvalue weighted by molar-refractivity contribution is -0.141. The van der Waals surface area contributed by atoms with Crippen LogP contribution in [0.3, 0.4) is 0 Å². The predicted octanol–water partition coefficient (Wildman–Crippen LogP) is 2.10. The number of anilines is 1. The van der Waals surface area contributed by atoms with Crippen molar-refractivity contribution in [3.8, 4) is 5.88 Å². The van der Waals surface area contributed by atoms with Gasteiger partial charge in [-0.25, -0.2) is 4.98 Å². The predicted molar refractivity (Wildman–Crippen MR) is 72.5 cm³/mol. The van der Waals surface area contributed by atoms with Crippen LogP contribution in [0.4, 0.5) is 5.82 Å². The van der Waals surface area contributed by atoms with Crippen molar-refractivity contribution in [2.75, 3.05) is 18.5 Å². The molecule has 1 aromatic rings. The molecule has 0 aliphatic heterocycles. The van der Waals surface area contributed by atoms with Gasteiger partial charge in [-0.05, 0) is 20.3 Å². The molecule has 1 aromatic heterocycles. The third-order valence-corrected chi connectivity index (χ3v) is 2.62. The summed E-state index contributed by atoms with van der Waals surface area (Å²) >= 11 is 0. The lowest BCUT2D eigenvalue weighted by atomic mass is 10.0. The van der Waals surface area contributed by atoms with Crippen molar-refractivity contribution in [3.63, 3.8) is 0 Å². The Bertz CT molecular complexity index is 424. The zero-order valence-corrected chi connectivity index (χ0v) is 11.6. The summed E-state index contributed by atoms with van der Waals surface area (Å²) in [6.07, 6.45) is 1.48. The Balaban J connectivity index is 2.67. The summed E-state index contributed by atoms with van der Waals surface area (Å²) in [6, 6.07) is 1.68. The van der Waals surface area contributed by atoms with E-state index in [9.17, 15) is 4.79 Å². The van der Waals surface area contributed by atoms with Gasteiger partial charge in [0.1, 0.15) is 11.6 Å². The number of hydrogen-bond donors (Lipinski definition) is 2. The number of aliphatic carboxylic acids is 1. The highest BCUT2D eigenvalue weighted by Crippen LogP contribution is 2.15. The maximum Gasteiger partial charge on any atom is 0.308 e. The molecule has 0 aliphatic rings. The fourth-order valence-electron chi connectivity index (χ4n) is 1.74. The van der Waals surface area contributed by atoms with Crippen molar-refractivity contribution in [2.45, 2.75) is 33.6 Å². The van der Waals surface area contributed by atoms with Gasteiger partial charge in [0.25, 0.3) is 0 Å². The number of nitrogens with one attached hydrogen (secondary N) is 1.